The van der Waals surface area contributed by atoms with Crippen LogP contribution in [0.5, 0.6) is 0 Å². The summed E-state index contributed by atoms with van der Waals surface area (Å²) < 4.78 is 0.541. The van der Waals surface area contributed by atoms with Crippen molar-refractivity contribution in [3.63, 3.8) is 0 Å². The van der Waals surface area contributed by atoms with Gasteiger partial charge in [-0.3, -0.25) is 0 Å². The second-order valence-corrected chi connectivity index (χ2v) is 7.17. The molecule has 0 aromatic carbocycles. The van der Waals surface area contributed by atoms with Crippen LogP contribution in [0.2, 0.25) is 0 Å². The SMILES string of the molecule is CC(C)CC1SC(C)(C)CC1C. The molecule has 0 saturated carbocycles. The molecule has 0 spiro atoms. The third kappa shape index (κ3) is 2.69. The standard InChI is InChI=1S/C11H22S/c1-8(2)6-10-9(3)7-11(4,5)12-10/h8-10H,6-7H2,1-5H3. The molecule has 1 heteroatoms. The summed E-state index contributed by atoms with van der Waals surface area (Å²) in [7, 11) is 0. The van der Waals surface area contributed by atoms with Gasteiger partial charge in [0.2, 0.25) is 0 Å². The number of thioether (sulfide) groups is 1. The molecule has 0 radical (unpaired) electrons. The molecule has 0 aromatic rings. The minimum atomic E-state index is 0.541. The normalized spacial score (nSPS) is 34.5. The summed E-state index contributed by atoms with van der Waals surface area (Å²) in [5.41, 5.74) is 0. The lowest BCUT2D eigenvalue weighted by Crippen LogP contribution is -2.10. The summed E-state index contributed by atoms with van der Waals surface area (Å²) in [5.74, 6) is 1.78. The van der Waals surface area contributed by atoms with Gasteiger partial charge in [-0.05, 0) is 24.7 Å². The van der Waals surface area contributed by atoms with E-state index < -0.39 is 0 Å². The summed E-state index contributed by atoms with van der Waals surface area (Å²) in [6, 6.07) is 0. The maximum atomic E-state index is 2.41. The van der Waals surface area contributed by atoms with Crippen molar-refractivity contribution in [1.82, 2.24) is 0 Å². The van der Waals surface area contributed by atoms with E-state index in [0.717, 1.165) is 17.1 Å². The van der Waals surface area contributed by atoms with Gasteiger partial charge in [-0.25, -0.2) is 0 Å². The number of rotatable bonds is 2. The Hall–Kier alpha value is 0.350. The Morgan fingerprint density at radius 2 is 2.00 bits per heavy atom. The predicted molar refractivity (Wildman–Crippen MR) is 58.7 cm³/mol. The van der Waals surface area contributed by atoms with E-state index in [1.807, 2.05) is 0 Å². The van der Waals surface area contributed by atoms with Crippen LogP contribution in [0.15, 0.2) is 0 Å². The Labute approximate surface area is 81.5 Å². The Bertz CT molecular complexity index is 149. The number of hydrogen-bond acceptors (Lipinski definition) is 1. The van der Waals surface area contributed by atoms with Crippen LogP contribution < -0.4 is 0 Å². The summed E-state index contributed by atoms with van der Waals surface area (Å²) in [6.07, 6.45) is 2.80. The summed E-state index contributed by atoms with van der Waals surface area (Å²) in [4.78, 5) is 0. The van der Waals surface area contributed by atoms with Crippen molar-refractivity contribution in [3.05, 3.63) is 0 Å². The molecule has 0 nitrogen and oxygen atoms in total. The third-order valence-electron chi connectivity index (χ3n) is 2.62. The first kappa shape index (κ1) is 10.4. The highest BCUT2D eigenvalue weighted by molar-refractivity contribution is 8.01. The Morgan fingerprint density at radius 3 is 2.33 bits per heavy atom. The monoisotopic (exact) mass is 186 g/mol. The van der Waals surface area contributed by atoms with E-state index in [9.17, 15) is 0 Å². The molecule has 1 saturated heterocycles. The molecule has 0 aromatic heterocycles. The van der Waals surface area contributed by atoms with Crippen molar-refractivity contribution < 1.29 is 0 Å². The second kappa shape index (κ2) is 3.61. The first-order valence-electron chi connectivity index (χ1n) is 5.08. The molecule has 2 atom stereocenters. The molecule has 12 heavy (non-hydrogen) atoms. The van der Waals surface area contributed by atoms with Gasteiger partial charge in [-0.1, -0.05) is 34.6 Å². The fraction of sp³-hybridized carbons (Fsp3) is 1.00. The molecular weight excluding hydrogens is 164 g/mol. The summed E-state index contributed by atoms with van der Waals surface area (Å²) in [5, 5.41) is 0.917. The van der Waals surface area contributed by atoms with Crippen molar-refractivity contribution in [2.75, 3.05) is 0 Å². The first-order valence-corrected chi connectivity index (χ1v) is 5.96. The summed E-state index contributed by atoms with van der Waals surface area (Å²) >= 11 is 2.20. The van der Waals surface area contributed by atoms with Gasteiger partial charge >= 0.3 is 0 Å². The number of hydrogen-bond donors (Lipinski definition) is 0. The molecule has 1 aliphatic rings. The van der Waals surface area contributed by atoms with E-state index in [-0.39, 0.29) is 0 Å². The van der Waals surface area contributed by atoms with Crippen LogP contribution in [0, 0.1) is 11.8 Å². The molecule has 1 heterocycles. The molecule has 0 bridgehead atoms. The fourth-order valence-corrected chi connectivity index (χ4v) is 4.21. The van der Waals surface area contributed by atoms with E-state index in [2.05, 4.69) is 46.4 Å². The van der Waals surface area contributed by atoms with Gasteiger partial charge in [0.15, 0.2) is 0 Å². The van der Waals surface area contributed by atoms with Crippen LogP contribution in [0.3, 0.4) is 0 Å². The van der Waals surface area contributed by atoms with E-state index >= 15 is 0 Å². The van der Waals surface area contributed by atoms with Gasteiger partial charge in [0.1, 0.15) is 0 Å². The van der Waals surface area contributed by atoms with Crippen molar-refractivity contribution in [1.29, 1.82) is 0 Å². The quantitative estimate of drug-likeness (QED) is 0.629. The van der Waals surface area contributed by atoms with Gasteiger partial charge in [-0.2, -0.15) is 11.8 Å². The maximum absolute atomic E-state index is 2.41. The molecule has 0 N–H and O–H groups in total. The molecule has 0 amide bonds. The summed E-state index contributed by atoms with van der Waals surface area (Å²) in [6.45, 7) is 11.8. The first-order chi connectivity index (χ1) is 5.41. The van der Waals surface area contributed by atoms with Crippen molar-refractivity contribution >= 4 is 11.8 Å². The van der Waals surface area contributed by atoms with Crippen molar-refractivity contribution in [3.8, 4) is 0 Å². The zero-order chi connectivity index (χ0) is 9.35. The van der Waals surface area contributed by atoms with Gasteiger partial charge in [-0.15, -0.1) is 0 Å². The van der Waals surface area contributed by atoms with Crippen LogP contribution in [-0.4, -0.2) is 10.00 Å². The average molecular weight is 186 g/mol. The molecule has 1 aliphatic heterocycles. The Kier molecular flexibility index (Phi) is 3.14. The minimum Gasteiger partial charge on any atom is -0.152 e. The van der Waals surface area contributed by atoms with E-state index in [1.165, 1.54) is 12.8 Å². The van der Waals surface area contributed by atoms with Crippen LogP contribution >= 0.6 is 11.8 Å². The molecule has 0 aliphatic carbocycles. The zero-order valence-corrected chi connectivity index (χ0v) is 9.87. The smallest absolute Gasteiger partial charge is 0.0109 e. The molecular formula is C11H22S. The largest absolute Gasteiger partial charge is 0.152 e. The van der Waals surface area contributed by atoms with Gasteiger partial charge in [0, 0.05) is 10.00 Å². The minimum absolute atomic E-state index is 0.541. The van der Waals surface area contributed by atoms with Gasteiger partial charge in [0.05, 0.1) is 0 Å². The predicted octanol–water partition coefficient (Wildman–Crippen LogP) is 3.95. The average Bonchev–Trinajstić information content (AvgIpc) is 2.03. The lowest BCUT2D eigenvalue weighted by atomic mass is 9.92. The Balaban J connectivity index is 2.47. The van der Waals surface area contributed by atoms with E-state index in [4.69, 9.17) is 0 Å². The molecule has 1 fully saturated rings. The third-order valence-corrected chi connectivity index (χ3v) is 4.39. The lowest BCUT2D eigenvalue weighted by Gasteiger charge is -2.18. The van der Waals surface area contributed by atoms with Crippen molar-refractivity contribution in [2.45, 2.75) is 57.5 Å². The molecule has 1 rings (SSSR count). The Morgan fingerprint density at radius 1 is 1.42 bits per heavy atom. The maximum Gasteiger partial charge on any atom is 0.0109 e. The zero-order valence-electron chi connectivity index (χ0n) is 9.05. The molecule has 72 valence electrons. The van der Waals surface area contributed by atoms with E-state index in [0.29, 0.717) is 4.75 Å². The molecule has 2 unspecified atom stereocenters. The van der Waals surface area contributed by atoms with Crippen LogP contribution in [-0.2, 0) is 0 Å². The fourth-order valence-electron chi connectivity index (χ4n) is 2.23. The van der Waals surface area contributed by atoms with Gasteiger partial charge in [0.25, 0.3) is 0 Å². The van der Waals surface area contributed by atoms with Crippen molar-refractivity contribution in [2.24, 2.45) is 11.8 Å². The van der Waals surface area contributed by atoms with Crippen LogP contribution in [0.4, 0.5) is 0 Å². The highest BCUT2D eigenvalue weighted by Crippen LogP contribution is 2.48. The highest BCUT2D eigenvalue weighted by atomic mass is 32.2. The lowest BCUT2D eigenvalue weighted by molar-refractivity contribution is 0.443. The van der Waals surface area contributed by atoms with E-state index in [1.54, 1.807) is 0 Å². The van der Waals surface area contributed by atoms with Crippen LogP contribution in [0.25, 0.3) is 0 Å². The van der Waals surface area contributed by atoms with Gasteiger partial charge < -0.3 is 0 Å². The topological polar surface area (TPSA) is 0 Å². The highest BCUT2D eigenvalue weighted by Gasteiger charge is 2.37. The van der Waals surface area contributed by atoms with Crippen LogP contribution in [0.1, 0.15) is 47.5 Å². The second-order valence-electron chi connectivity index (χ2n) is 5.23.